The third kappa shape index (κ3) is 4.92. The highest BCUT2D eigenvalue weighted by Crippen LogP contribution is 2.27. The van der Waals surface area contributed by atoms with Crippen LogP contribution in [0.4, 0.5) is 0 Å². The van der Waals surface area contributed by atoms with Gasteiger partial charge in [0.2, 0.25) is 5.91 Å². The number of aromatic nitrogens is 2. The Balaban J connectivity index is 1.99. The Morgan fingerprint density at radius 1 is 1.44 bits per heavy atom. The molecule has 0 saturated heterocycles. The Hall–Kier alpha value is -2.72. The molecule has 3 N–H and O–H groups in total. The maximum absolute atomic E-state index is 12.4. The van der Waals surface area contributed by atoms with Crippen LogP contribution in [0, 0.1) is 6.92 Å². The molecule has 0 spiro atoms. The lowest BCUT2D eigenvalue weighted by molar-refractivity contribution is -0.143. The molecule has 0 saturated carbocycles. The summed E-state index contributed by atoms with van der Waals surface area (Å²) in [7, 11) is 1.80. The van der Waals surface area contributed by atoms with Crippen molar-refractivity contribution in [3.8, 4) is 0 Å². The fraction of sp³-hybridized carbons (Fsp3) is 0.412. The van der Waals surface area contributed by atoms with E-state index in [1.54, 1.807) is 17.8 Å². The first kappa shape index (κ1) is 20.6. The Morgan fingerprint density at radius 2 is 2.15 bits per heavy atom. The van der Waals surface area contributed by atoms with E-state index in [1.165, 1.54) is 24.3 Å². The fourth-order valence-corrected chi connectivity index (χ4v) is 3.42. The minimum Gasteiger partial charge on any atom is -0.480 e. The molecule has 2 aromatic heterocycles. The Labute approximate surface area is 160 Å². The van der Waals surface area contributed by atoms with Gasteiger partial charge in [-0.05, 0) is 19.9 Å². The lowest BCUT2D eigenvalue weighted by Gasteiger charge is -2.18. The number of carbonyl (C=O) groups excluding carboxylic acids is 2. The fourth-order valence-electron chi connectivity index (χ4n) is 2.39. The van der Waals surface area contributed by atoms with Gasteiger partial charge in [-0.25, -0.2) is 4.79 Å². The number of fused-ring (bicyclic) bond motifs is 1. The van der Waals surface area contributed by atoms with Crippen LogP contribution >= 0.6 is 11.3 Å². The van der Waals surface area contributed by atoms with Crippen molar-refractivity contribution < 1.29 is 24.2 Å². The second kappa shape index (κ2) is 8.78. The molecule has 0 bridgehead atoms. The molecule has 2 amide bonds. The summed E-state index contributed by atoms with van der Waals surface area (Å²) in [4.78, 5) is 37.2. The average Bonchev–Trinajstić information content (AvgIpc) is 3.15. The monoisotopic (exact) mass is 394 g/mol. The molecule has 2 aromatic rings. The molecule has 0 aromatic carbocycles. The minimum absolute atomic E-state index is 0.173. The summed E-state index contributed by atoms with van der Waals surface area (Å²) in [6.07, 6.45) is 1.48. The van der Waals surface area contributed by atoms with E-state index in [4.69, 9.17) is 9.84 Å². The van der Waals surface area contributed by atoms with E-state index in [9.17, 15) is 14.4 Å². The zero-order chi connectivity index (χ0) is 20.1. The van der Waals surface area contributed by atoms with E-state index >= 15 is 0 Å². The van der Waals surface area contributed by atoms with Gasteiger partial charge >= 0.3 is 5.97 Å². The first-order chi connectivity index (χ1) is 12.7. The van der Waals surface area contributed by atoms with Gasteiger partial charge in [0.25, 0.3) is 5.91 Å². The molecule has 0 fully saturated rings. The third-order valence-electron chi connectivity index (χ3n) is 3.80. The van der Waals surface area contributed by atoms with Crippen LogP contribution in [0.25, 0.3) is 10.2 Å². The second-order valence-corrected chi connectivity index (χ2v) is 6.99. The van der Waals surface area contributed by atoms with Crippen molar-refractivity contribution in [1.82, 2.24) is 20.4 Å². The number of nitrogens with one attached hydrogen (secondary N) is 2. The van der Waals surface area contributed by atoms with E-state index in [1.807, 2.05) is 6.92 Å². The third-order valence-corrected chi connectivity index (χ3v) is 5.00. The molecular weight excluding hydrogens is 372 g/mol. The normalized spacial score (nSPS) is 13.1. The summed E-state index contributed by atoms with van der Waals surface area (Å²) in [6, 6.07) is -0.399. The summed E-state index contributed by atoms with van der Waals surface area (Å²) in [5, 5.41) is 19.2. The van der Waals surface area contributed by atoms with Gasteiger partial charge in [-0.15, -0.1) is 17.9 Å². The van der Waals surface area contributed by atoms with E-state index in [0.717, 1.165) is 15.9 Å². The molecule has 10 heteroatoms. The van der Waals surface area contributed by atoms with Crippen molar-refractivity contribution in [3.63, 3.8) is 0 Å². The number of aryl methyl sites for hydroxylation is 2. The maximum atomic E-state index is 12.4. The highest BCUT2D eigenvalue weighted by Gasteiger charge is 2.25. The Morgan fingerprint density at radius 3 is 2.74 bits per heavy atom. The van der Waals surface area contributed by atoms with Crippen molar-refractivity contribution in [2.75, 3.05) is 13.2 Å². The highest BCUT2D eigenvalue weighted by molar-refractivity contribution is 7.20. The molecule has 27 heavy (non-hydrogen) atoms. The van der Waals surface area contributed by atoms with Crippen LogP contribution in [-0.2, 0) is 21.4 Å². The smallest absolute Gasteiger partial charge is 0.328 e. The van der Waals surface area contributed by atoms with Gasteiger partial charge < -0.3 is 20.5 Å². The number of amides is 2. The molecule has 2 unspecified atom stereocenters. The van der Waals surface area contributed by atoms with Crippen molar-refractivity contribution >= 4 is 39.3 Å². The molecule has 0 aliphatic heterocycles. The van der Waals surface area contributed by atoms with Gasteiger partial charge in [0.15, 0.2) is 6.04 Å². The first-order valence-corrected chi connectivity index (χ1v) is 9.02. The van der Waals surface area contributed by atoms with E-state index in [-0.39, 0.29) is 13.2 Å². The number of carbonyl (C=O) groups is 3. The molecule has 146 valence electrons. The molecule has 0 radical (unpaired) electrons. The van der Waals surface area contributed by atoms with Crippen LogP contribution in [0.15, 0.2) is 18.7 Å². The Bertz CT molecular complexity index is 838. The summed E-state index contributed by atoms with van der Waals surface area (Å²) < 4.78 is 6.77. The number of rotatable bonds is 9. The standard InChI is InChI=1S/C17H22N4O5S/c1-5-6-26-8-12(17(24)25)19-14(22)10(3)18-15(23)13-7-11-9(2)20-21(4)16(11)27-13/h5,7,10,12H,1,6,8H2,2-4H3,(H,18,23)(H,19,22)(H,24,25). The van der Waals surface area contributed by atoms with Gasteiger partial charge in [-0.1, -0.05) is 6.08 Å². The van der Waals surface area contributed by atoms with E-state index < -0.39 is 29.9 Å². The molecule has 0 aliphatic rings. The predicted molar refractivity (Wildman–Crippen MR) is 101 cm³/mol. The lowest BCUT2D eigenvalue weighted by atomic mass is 10.2. The first-order valence-electron chi connectivity index (χ1n) is 8.20. The largest absolute Gasteiger partial charge is 0.480 e. The van der Waals surface area contributed by atoms with Crippen LogP contribution in [0.5, 0.6) is 0 Å². The highest BCUT2D eigenvalue weighted by atomic mass is 32.1. The van der Waals surface area contributed by atoms with E-state index in [0.29, 0.717) is 4.88 Å². The Kier molecular flexibility index (Phi) is 6.70. The topological polar surface area (TPSA) is 123 Å². The number of nitrogens with zero attached hydrogens (tertiary/aromatic N) is 2. The molecule has 9 nitrogen and oxygen atoms in total. The number of ether oxygens (including phenoxy) is 1. The summed E-state index contributed by atoms with van der Waals surface area (Å²) in [5.74, 6) is -2.25. The number of carboxylic acids is 1. The maximum Gasteiger partial charge on any atom is 0.328 e. The number of thiophene rings is 1. The van der Waals surface area contributed by atoms with Crippen LogP contribution < -0.4 is 10.6 Å². The van der Waals surface area contributed by atoms with Gasteiger partial charge in [-0.3, -0.25) is 14.3 Å². The van der Waals surface area contributed by atoms with Gasteiger partial charge in [0, 0.05) is 12.4 Å². The molecule has 2 heterocycles. The minimum atomic E-state index is -1.22. The number of carboxylic acid groups (broad SMARTS) is 1. The van der Waals surface area contributed by atoms with Crippen molar-refractivity contribution in [2.24, 2.45) is 7.05 Å². The van der Waals surface area contributed by atoms with Gasteiger partial charge in [0.05, 0.1) is 23.8 Å². The van der Waals surface area contributed by atoms with Crippen molar-refractivity contribution in [3.05, 3.63) is 29.3 Å². The van der Waals surface area contributed by atoms with Crippen molar-refractivity contribution in [2.45, 2.75) is 25.9 Å². The number of hydrogen-bond acceptors (Lipinski definition) is 6. The average molecular weight is 394 g/mol. The van der Waals surface area contributed by atoms with Crippen LogP contribution in [-0.4, -0.2) is 58.0 Å². The van der Waals surface area contributed by atoms with Crippen molar-refractivity contribution in [1.29, 1.82) is 0 Å². The molecule has 2 atom stereocenters. The molecule has 0 aliphatic carbocycles. The summed E-state index contributed by atoms with van der Waals surface area (Å²) in [6.45, 7) is 6.78. The number of hydrogen-bond donors (Lipinski definition) is 3. The summed E-state index contributed by atoms with van der Waals surface area (Å²) in [5.41, 5.74) is 0.817. The van der Waals surface area contributed by atoms with Crippen LogP contribution in [0.3, 0.4) is 0 Å². The molecular formula is C17H22N4O5S. The quantitative estimate of drug-likeness (QED) is 0.428. The van der Waals surface area contributed by atoms with Gasteiger partial charge in [-0.2, -0.15) is 5.10 Å². The number of aliphatic carboxylic acids is 1. The zero-order valence-corrected chi connectivity index (χ0v) is 16.1. The second-order valence-electron chi connectivity index (χ2n) is 5.96. The lowest BCUT2D eigenvalue weighted by Crippen LogP contribution is -2.51. The SMILES string of the molecule is C=CCOCC(NC(=O)C(C)NC(=O)c1cc2c(C)nn(C)c2s1)C(=O)O. The van der Waals surface area contributed by atoms with E-state index in [2.05, 4.69) is 22.3 Å². The molecule has 2 rings (SSSR count). The summed E-state index contributed by atoms with van der Waals surface area (Å²) >= 11 is 1.27. The van der Waals surface area contributed by atoms with Gasteiger partial charge in [0.1, 0.15) is 10.9 Å². The van der Waals surface area contributed by atoms with Crippen LogP contribution in [0.2, 0.25) is 0 Å². The van der Waals surface area contributed by atoms with Crippen LogP contribution in [0.1, 0.15) is 22.3 Å². The zero-order valence-electron chi connectivity index (χ0n) is 15.3. The predicted octanol–water partition coefficient (Wildman–Crippen LogP) is 0.834.